The molecule has 0 aliphatic carbocycles. The van der Waals surface area contributed by atoms with Gasteiger partial charge in [0.25, 0.3) is 5.91 Å². The molecule has 1 aliphatic heterocycles. The lowest BCUT2D eigenvalue weighted by Crippen LogP contribution is -2.47. The Kier molecular flexibility index (Phi) is 3.46. The summed E-state index contributed by atoms with van der Waals surface area (Å²) in [7, 11) is 0. The molecule has 1 amide bonds. The highest BCUT2D eigenvalue weighted by atomic mass is 35.5. The summed E-state index contributed by atoms with van der Waals surface area (Å²) in [5.74, 6) is -0.0224. The van der Waals surface area contributed by atoms with Gasteiger partial charge in [0, 0.05) is 32.7 Å². The molecule has 0 aromatic carbocycles. The van der Waals surface area contributed by atoms with Gasteiger partial charge in [0.05, 0.1) is 11.2 Å². The summed E-state index contributed by atoms with van der Waals surface area (Å²) in [6.45, 7) is 5.72. The van der Waals surface area contributed by atoms with Crippen LogP contribution in [0.3, 0.4) is 0 Å². The van der Waals surface area contributed by atoms with Gasteiger partial charge in [0.1, 0.15) is 5.69 Å². The van der Waals surface area contributed by atoms with E-state index in [2.05, 4.69) is 10.4 Å². The molecule has 1 N–H and O–H groups in total. The Labute approximate surface area is 99.4 Å². The van der Waals surface area contributed by atoms with Gasteiger partial charge < -0.3 is 10.2 Å². The quantitative estimate of drug-likeness (QED) is 0.827. The minimum Gasteiger partial charge on any atom is -0.335 e. The lowest BCUT2D eigenvalue weighted by molar-refractivity contribution is 0.0723. The number of aromatic nitrogens is 2. The van der Waals surface area contributed by atoms with Crippen molar-refractivity contribution in [1.29, 1.82) is 0 Å². The third-order valence-electron chi connectivity index (χ3n) is 2.70. The molecule has 0 unspecified atom stereocenters. The molecule has 1 aromatic rings. The van der Waals surface area contributed by atoms with Gasteiger partial charge in [0.2, 0.25) is 0 Å². The van der Waals surface area contributed by atoms with Gasteiger partial charge in [-0.1, -0.05) is 11.6 Å². The fourth-order valence-corrected chi connectivity index (χ4v) is 2.05. The van der Waals surface area contributed by atoms with E-state index in [1.807, 2.05) is 11.8 Å². The molecule has 1 aromatic heterocycles. The fourth-order valence-electron chi connectivity index (χ4n) is 1.83. The molecule has 1 aliphatic rings. The average Bonchev–Trinajstić information content (AvgIpc) is 2.70. The zero-order valence-electron chi connectivity index (χ0n) is 9.24. The molecular weight excluding hydrogens is 228 g/mol. The van der Waals surface area contributed by atoms with Crippen LogP contribution in [-0.4, -0.2) is 46.8 Å². The van der Waals surface area contributed by atoms with Crippen LogP contribution < -0.4 is 5.32 Å². The minimum atomic E-state index is -0.0224. The van der Waals surface area contributed by atoms with Crippen LogP contribution in [0.25, 0.3) is 0 Å². The summed E-state index contributed by atoms with van der Waals surface area (Å²) in [6.07, 6.45) is 1.53. The van der Waals surface area contributed by atoms with Crippen molar-refractivity contribution in [3.63, 3.8) is 0 Å². The Morgan fingerprint density at radius 3 is 2.88 bits per heavy atom. The van der Waals surface area contributed by atoms with Crippen molar-refractivity contribution < 1.29 is 4.79 Å². The molecule has 6 heteroatoms. The highest BCUT2D eigenvalue weighted by Crippen LogP contribution is 2.17. The van der Waals surface area contributed by atoms with Crippen LogP contribution in [0.15, 0.2) is 6.20 Å². The van der Waals surface area contributed by atoms with Crippen molar-refractivity contribution >= 4 is 17.5 Å². The molecule has 88 valence electrons. The molecule has 5 nitrogen and oxygen atoms in total. The molecule has 0 radical (unpaired) electrons. The number of carbonyl (C=O) groups is 1. The van der Waals surface area contributed by atoms with Crippen LogP contribution >= 0.6 is 11.6 Å². The standard InChI is InChI=1S/C10H15ClN4O/c1-2-15-9(8(11)7-13-15)10(16)14-5-3-12-4-6-14/h7,12H,2-6H2,1H3. The maximum absolute atomic E-state index is 12.2. The highest BCUT2D eigenvalue weighted by Gasteiger charge is 2.23. The van der Waals surface area contributed by atoms with E-state index in [0.29, 0.717) is 17.3 Å². The predicted octanol–water partition coefficient (Wildman–Crippen LogP) is 0.602. The number of hydrogen-bond acceptors (Lipinski definition) is 3. The molecule has 2 rings (SSSR count). The van der Waals surface area contributed by atoms with Crippen molar-refractivity contribution in [2.45, 2.75) is 13.5 Å². The average molecular weight is 243 g/mol. The number of piperazine rings is 1. The third kappa shape index (κ3) is 2.05. The van der Waals surface area contributed by atoms with Gasteiger partial charge >= 0.3 is 0 Å². The molecule has 0 spiro atoms. The largest absolute Gasteiger partial charge is 0.335 e. The summed E-state index contributed by atoms with van der Waals surface area (Å²) in [5, 5.41) is 7.72. The van der Waals surface area contributed by atoms with Crippen molar-refractivity contribution in [1.82, 2.24) is 20.0 Å². The SMILES string of the molecule is CCn1ncc(Cl)c1C(=O)N1CCNCC1. The Morgan fingerprint density at radius 1 is 1.56 bits per heavy atom. The van der Waals surface area contributed by atoms with Crippen LogP contribution in [0.4, 0.5) is 0 Å². The topological polar surface area (TPSA) is 50.2 Å². The van der Waals surface area contributed by atoms with Crippen LogP contribution in [0.5, 0.6) is 0 Å². The smallest absolute Gasteiger partial charge is 0.273 e. The first-order chi connectivity index (χ1) is 7.74. The molecule has 16 heavy (non-hydrogen) atoms. The number of nitrogens with zero attached hydrogens (tertiary/aromatic N) is 3. The third-order valence-corrected chi connectivity index (χ3v) is 2.98. The first kappa shape index (κ1) is 11.4. The molecule has 0 atom stereocenters. The molecule has 1 fully saturated rings. The van der Waals surface area contributed by atoms with Crippen molar-refractivity contribution in [2.75, 3.05) is 26.2 Å². The minimum absolute atomic E-state index is 0.0224. The van der Waals surface area contributed by atoms with E-state index in [0.717, 1.165) is 26.2 Å². The van der Waals surface area contributed by atoms with Gasteiger partial charge in [-0.25, -0.2) is 0 Å². The number of nitrogens with one attached hydrogen (secondary N) is 1. The summed E-state index contributed by atoms with van der Waals surface area (Å²) >= 11 is 5.99. The predicted molar refractivity (Wildman–Crippen MR) is 61.7 cm³/mol. The van der Waals surface area contributed by atoms with Crippen LogP contribution in [0.1, 0.15) is 17.4 Å². The van der Waals surface area contributed by atoms with E-state index in [-0.39, 0.29) is 5.91 Å². The van der Waals surface area contributed by atoms with E-state index in [1.165, 1.54) is 6.20 Å². The molecule has 2 heterocycles. The number of carbonyl (C=O) groups excluding carboxylic acids is 1. The monoisotopic (exact) mass is 242 g/mol. The van der Waals surface area contributed by atoms with E-state index >= 15 is 0 Å². The summed E-state index contributed by atoms with van der Waals surface area (Å²) in [5.41, 5.74) is 0.506. The summed E-state index contributed by atoms with van der Waals surface area (Å²) in [6, 6.07) is 0. The van der Waals surface area contributed by atoms with Gasteiger partial charge in [0.15, 0.2) is 0 Å². The summed E-state index contributed by atoms with van der Waals surface area (Å²) in [4.78, 5) is 14.0. The van der Waals surface area contributed by atoms with Crippen LogP contribution in [-0.2, 0) is 6.54 Å². The summed E-state index contributed by atoms with van der Waals surface area (Å²) < 4.78 is 1.65. The van der Waals surface area contributed by atoms with E-state index in [9.17, 15) is 4.79 Å². The van der Waals surface area contributed by atoms with E-state index in [4.69, 9.17) is 11.6 Å². The Hall–Kier alpha value is -1.07. The van der Waals surface area contributed by atoms with Crippen LogP contribution in [0, 0.1) is 0 Å². The van der Waals surface area contributed by atoms with Gasteiger partial charge in [-0.05, 0) is 6.92 Å². The lowest BCUT2D eigenvalue weighted by Gasteiger charge is -2.27. The first-order valence-electron chi connectivity index (χ1n) is 5.45. The van der Waals surface area contributed by atoms with E-state index < -0.39 is 0 Å². The first-order valence-corrected chi connectivity index (χ1v) is 5.83. The maximum atomic E-state index is 12.2. The number of halogens is 1. The normalized spacial score (nSPS) is 16.5. The Morgan fingerprint density at radius 2 is 2.25 bits per heavy atom. The second-order valence-electron chi connectivity index (χ2n) is 3.70. The second-order valence-corrected chi connectivity index (χ2v) is 4.11. The Balaban J connectivity index is 2.21. The maximum Gasteiger partial charge on any atom is 0.273 e. The Bertz CT molecular complexity index is 384. The fraction of sp³-hybridized carbons (Fsp3) is 0.600. The number of amides is 1. The van der Waals surface area contributed by atoms with E-state index in [1.54, 1.807) is 4.68 Å². The van der Waals surface area contributed by atoms with Crippen molar-refractivity contribution in [2.24, 2.45) is 0 Å². The second kappa shape index (κ2) is 4.84. The van der Waals surface area contributed by atoms with Gasteiger partial charge in [-0.3, -0.25) is 9.48 Å². The van der Waals surface area contributed by atoms with Crippen molar-refractivity contribution in [3.8, 4) is 0 Å². The molecule has 1 saturated heterocycles. The number of hydrogen-bond donors (Lipinski definition) is 1. The van der Waals surface area contributed by atoms with Crippen LogP contribution in [0.2, 0.25) is 5.02 Å². The molecule has 0 bridgehead atoms. The molecular formula is C10H15ClN4O. The zero-order valence-corrected chi connectivity index (χ0v) is 10.00. The molecule has 0 saturated carbocycles. The lowest BCUT2D eigenvalue weighted by atomic mass is 10.3. The number of aryl methyl sites for hydroxylation is 1. The highest BCUT2D eigenvalue weighted by molar-refractivity contribution is 6.33. The number of rotatable bonds is 2. The zero-order chi connectivity index (χ0) is 11.5. The van der Waals surface area contributed by atoms with Gasteiger partial charge in [-0.2, -0.15) is 5.10 Å². The van der Waals surface area contributed by atoms with Gasteiger partial charge in [-0.15, -0.1) is 0 Å². The van der Waals surface area contributed by atoms with Crippen molar-refractivity contribution in [3.05, 3.63) is 16.9 Å².